The van der Waals surface area contributed by atoms with Crippen molar-refractivity contribution in [3.63, 3.8) is 0 Å². The Hall–Kier alpha value is -3.53. The summed E-state index contributed by atoms with van der Waals surface area (Å²) in [6, 6.07) is 19.3. The molecule has 0 atom stereocenters. The van der Waals surface area contributed by atoms with Gasteiger partial charge < -0.3 is 4.42 Å². The average molecular weight is 552 g/mol. The fraction of sp³-hybridized carbons (Fsp3) is 0.120. The Balaban J connectivity index is 1.78. The molecule has 0 aliphatic heterocycles. The molecule has 4 N–H and O–H groups in total. The van der Waals surface area contributed by atoms with E-state index in [-0.39, 0.29) is 11.1 Å². The summed E-state index contributed by atoms with van der Waals surface area (Å²) in [5.41, 5.74) is 5.35. The molecule has 0 saturated carbocycles. The SMILES string of the molecule is Cc1ccc(-c2[nH][nH]c(=O)c2C(c2ccc(I)o2)c2c(-c3ccc(C)cc3)[nH][nH]c2=O)cc1. The largest absolute Gasteiger partial charge is 0.454 e. The number of furan rings is 1. The van der Waals surface area contributed by atoms with Crippen molar-refractivity contribution < 1.29 is 4.42 Å². The predicted molar refractivity (Wildman–Crippen MR) is 136 cm³/mol. The van der Waals surface area contributed by atoms with E-state index in [2.05, 4.69) is 43.0 Å². The minimum absolute atomic E-state index is 0.308. The minimum Gasteiger partial charge on any atom is -0.454 e. The summed E-state index contributed by atoms with van der Waals surface area (Å²) in [4.78, 5) is 26.3. The molecule has 7 nitrogen and oxygen atoms in total. The molecule has 0 radical (unpaired) electrons. The first-order chi connectivity index (χ1) is 15.9. The quantitative estimate of drug-likeness (QED) is 0.229. The van der Waals surface area contributed by atoms with E-state index in [0.717, 1.165) is 22.3 Å². The number of hydrogen-bond acceptors (Lipinski definition) is 3. The number of aromatic amines is 4. The fourth-order valence-corrected chi connectivity index (χ4v) is 4.53. The molecule has 3 heterocycles. The van der Waals surface area contributed by atoms with Crippen LogP contribution in [0.1, 0.15) is 33.9 Å². The lowest BCUT2D eigenvalue weighted by Crippen LogP contribution is -2.19. The highest BCUT2D eigenvalue weighted by molar-refractivity contribution is 14.1. The number of halogens is 1. The molecule has 33 heavy (non-hydrogen) atoms. The summed E-state index contributed by atoms with van der Waals surface area (Å²) in [6.45, 7) is 4.01. The van der Waals surface area contributed by atoms with E-state index in [1.54, 1.807) is 0 Å². The van der Waals surface area contributed by atoms with Gasteiger partial charge in [0.1, 0.15) is 5.76 Å². The monoisotopic (exact) mass is 552 g/mol. The van der Waals surface area contributed by atoms with Crippen LogP contribution in [-0.4, -0.2) is 20.4 Å². The van der Waals surface area contributed by atoms with Crippen LogP contribution in [0.5, 0.6) is 0 Å². The fourth-order valence-electron chi connectivity index (χ4n) is 4.09. The smallest absolute Gasteiger partial charge is 0.268 e. The van der Waals surface area contributed by atoms with Gasteiger partial charge in [0.25, 0.3) is 11.1 Å². The third kappa shape index (κ3) is 3.91. The van der Waals surface area contributed by atoms with Crippen molar-refractivity contribution in [2.45, 2.75) is 19.8 Å². The van der Waals surface area contributed by atoms with Gasteiger partial charge in [-0.25, -0.2) is 0 Å². The summed E-state index contributed by atoms with van der Waals surface area (Å²) < 4.78 is 6.64. The first-order valence-corrected chi connectivity index (χ1v) is 11.5. The van der Waals surface area contributed by atoms with Crippen LogP contribution in [0.15, 0.2) is 74.7 Å². The van der Waals surface area contributed by atoms with Crippen LogP contribution in [0.25, 0.3) is 22.5 Å². The van der Waals surface area contributed by atoms with Crippen LogP contribution in [0.3, 0.4) is 0 Å². The molecule has 3 aromatic heterocycles. The minimum atomic E-state index is -0.730. The molecule has 0 aliphatic rings. The van der Waals surface area contributed by atoms with Crippen molar-refractivity contribution in [1.29, 1.82) is 0 Å². The topological polar surface area (TPSA) is 110 Å². The third-order valence-electron chi connectivity index (χ3n) is 5.77. The van der Waals surface area contributed by atoms with Crippen molar-refractivity contribution in [2.75, 3.05) is 0 Å². The number of benzene rings is 2. The molecule has 166 valence electrons. The van der Waals surface area contributed by atoms with Gasteiger partial charge in [-0.15, -0.1) is 0 Å². The Morgan fingerprint density at radius 3 is 1.52 bits per heavy atom. The Labute approximate surface area is 202 Å². The van der Waals surface area contributed by atoms with Crippen molar-refractivity contribution in [3.8, 4) is 22.5 Å². The van der Waals surface area contributed by atoms with E-state index >= 15 is 0 Å². The molecule has 0 fully saturated rings. The highest BCUT2D eigenvalue weighted by atomic mass is 127. The first-order valence-electron chi connectivity index (χ1n) is 10.4. The summed E-state index contributed by atoms with van der Waals surface area (Å²) >= 11 is 2.08. The zero-order chi connectivity index (χ0) is 23.1. The molecule has 0 unspecified atom stereocenters. The maximum atomic E-state index is 13.1. The van der Waals surface area contributed by atoms with Gasteiger partial charge in [-0.2, -0.15) is 0 Å². The maximum Gasteiger partial charge on any atom is 0.268 e. The number of aryl methyl sites for hydroxylation is 2. The van der Waals surface area contributed by atoms with E-state index in [1.807, 2.05) is 74.5 Å². The first kappa shape index (κ1) is 21.3. The summed E-state index contributed by atoms with van der Waals surface area (Å²) in [6.07, 6.45) is 0. The number of rotatable bonds is 5. The Morgan fingerprint density at radius 1 is 0.667 bits per heavy atom. The number of nitrogens with one attached hydrogen (secondary N) is 4. The molecule has 5 rings (SSSR count). The van der Waals surface area contributed by atoms with Gasteiger partial charge in [0, 0.05) is 0 Å². The van der Waals surface area contributed by atoms with Gasteiger partial charge in [-0.05, 0) is 59.7 Å². The highest BCUT2D eigenvalue weighted by Gasteiger charge is 2.33. The Morgan fingerprint density at radius 2 is 1.12 bits per heavy atom. The van der Waals surface area contributed by atoms with E-state index in [9.17, 15) is 9.59 Å². The van der Waals surface area contributed by atoms with Gasteiger partial charge in [-0.1, -0.05) is 59.7 Å². The van der Waals surface area contributed by atoms with Gasteiger partial charge >= 0.3 is 0 Å². The van der Waals surface area contributed by atoms with Gasteiger partial charge in [0.15, 0.2) is 3.77 Å². The Bertz CT molecular complexity index is 1430. The van der Waals surface area contributed by atoms with E-state index in [0.29, 0.717) is 32.0 Å². The number of hydrogen-bond donors (Lipinski definition) is 4. The van der Waals surface area contributed by atoms with Crippen molar-refractivity contribution >= 4 is 22.6 Å². The molecule has 2 aromatic carbocycles. The predicted octanol–water partition coefficient (Wildman–Crippen LogP) is 5.05. The normalized spacial score (nSPS) is 11.4. The molecule has 5 aromatic rings. The molecule has 0 aliphatic carbocycles. The van der Waals surface area contributed by atoms with Crippen LogP contribution in [0.2, 0.25) is 0 Å². The molecule has 8 heteroatoms. The third-order valence-corrected chi connectivity index (χ3v) is 6.35. The van der Waals surface area contributed by atoms with Gasteiger partial charge in [0.2, 0.25) is 0 Å². The zero-order valence-electron chi connectivity index (χ0n) is 18.0. The molecule has 0 amide bonds. The van der Waals surface area contributed by atoms with Crippen molar-refractivity contribution in [2.24, 2.45) is 0 Å². The van der Waals surface area contributed by atoms with Crippen molar-refractivity contribution in [1.82, 2.24) is 20.4 Å². The molecular weight excluding hydrogens is 531 g/mol. The summed E-state index contributed by atoms with van der Waals surface area (Å²) in [5.74, 6) is -0.220. The van der Waals surface area contributed by atoms with Gasteiger partial charge in [0.05, 0.1) is 28.4 Å². The van der Waals surface area contributed by atoms with E-state index in [4.69, 9.17) is 4.42 Å². The van der Waals surface area contributed by atoms with Crippen LogP contribution < -0.4 is 11.1 Å². The summed E-state index contributed by atoms with van der Waals surface area (Å²) in [5, 5.41) is 11.4. The Kier molecular flexibility index (Phi) is 5.45. The zero-order valence-corrected chi connectivity index (χ0v) is 20.1. The van der Waals surface area contributed by atoms with Crippen LogP contribution >= 0.6 is 22.6 Å². The second-order valence-corrected chi connectivity index (χ2v) is 9.11. The second kappa shape index (κ2) is 8.43. The summed E-state index contributed by atoms with van der Waals surface area (Å²) in [7, 11) is 0. The molecule has 0 saturated heterocycles. The van der Waals surface area contributed by atoms with E-state index < -0.39 is 5.92 Å². The molecular formula is C25H21IN4O3. The number of H-pyrrole nitrogens is 4. The average Bonchev–Trinajstić information content (AvgIpc) is 3.50. The lowest BCUT2D eigenvalue weighted by Gasteiger charge is -2.15. The van der Waals surface area contributed by atoms with Gasteiger partial charge in [-0.3, -0.25) is 30.0 Å². The lowest BCUT2D eigenvalue weighted by molar-refractivity contribution is 0.479. The maximum absolute atomic E-state index is 13.1. The lowest BCUT2D eigenvalue weighted by atomic mass is 9.86. The highest BCUT2D eigenvalue weighted by Crippen LogP contribution is 2.38. The molecule has 0 spiro atoms. The molecule has 0 bridgehead atoms. The number of aromatic nitrogens is 4. The van der Waals surface area contributed by atoms with Crippen LogP contribution in [0.4, 0.5) is 0 Å². The van der Waals surface area contributed by atoms with E-state index in [1.165, 1.54) is 0 Å². The van der Waals surface area contributed by atoms with Crippen LogP contribution in [-0.2, 0) is 0 Å². The van der Waals surface area contributed by atoms with Crippen LogP contribution in [0, 0.1) is 17.6 Å². The second-order valence-electron chi connectivity index (χ2n) is 8.04. The standard InChI is InChI=1S/C25H21IN4O3/c1-13-3-7-15(8-4-13)22-20(24(31)29-27-22)19(17-11-12-18(26)33-17)21-23(28-30-25(21)32)16-9-5-14(2)6-10-16/h3-12,19H,1-2H3,(H2,27,29,31)(H2,28,30,32). The van der Waals surface area contributed by atoms with Crippen molar-refractivity contribution in [3.05, 3.63) is 113 Å².